The lowest BCUT2D eigenvalue weighted by Gasteiger charge is -2.36. The van der Waals surface area contributed by atoms with E-state index in [1.54, 1.807) is 0 Å². The molecule has 0 amide bonds. The Morgan fingerprint density at radius 3 is 1.29 bits per heavy atom. The van der Waals surface area contributed by atoms with Crippen molar-refractivity contribution in [1.82, 2.24) is 0 Å². The Labute approximate surface area is 411 Å². The molecule has 12 aromatic rings. The molecule has 0 aliphatic heterocycles. The highest BCUT2D eigenvalue weighted by Crippen LogP contribution is 2.65. The van der Waals surface area contributed by atoms with Gasteiger partial charge in [-0.25, -0.2) is 0 Å². The molecule has 0 fully saturated rings. The number of rotatable bonds is 6. The number of benzene rings is 11. The summed E-state index contributed by atoms with van der Waals surface area (Å²) in [6.45, 7) is 0. The second-order valence-corrected chi connectivity index (χ2v) is 20.1. The molecule has 2 heteroatoms. The van der Waals surface area contributed by atoms with E-state index in [1.807, 2.05) is 11.3 Å². The minimum absolute atomic E-state index is 0.496. The topological polar surface area (TPSA) is 3.24 Å². The Morgan fingerprint density at radius 2 is 0.700 bits per heavy atom. The molecule has 1 nitrogen and oxygen atoms in total. The molecular weight excluding hydrogens is 863 g/mol. The van der Waals surface area contributed by atoms with Crippen LogP contribution in [0.2, 0.25) is 0 Å². The molecule has 1 heterocycles. The number of nitrogens with zero attached hydrogens (tertiary/aromatic N) is 1. The van der Waals surface area contributed by atoms with Crippen LogP contribution >= 0.6 is 11.3 Å². The minimum Gasteiger partial charge on any atom is -0.310 e. The second-order valence-electron chi connectivity index (χ2n) is 19.0. The predicted octanol–water partition coefficient (Wildman–Crippen LogP) is 17.9. The average molecular weight is 906 g/mol. The summed E-state index contributed by atoms with van der Waals surface area (Å²) < 4.78 is 2.64. The van der Waals surface area contributed by atoms with Gasteiger partial charge < -0.3 is 4.90 Å². The van der Waals surface area contributed by atoms with Crippen molar-refractivity contribution in [2.45, 2.75) is 10.8 Å². The molecule has 70 heavy (non-hydrogen) atoms. The lowest BCUT2D eigenvalue weighted by molar-refractivity contribution is 0.768. The Morgan fingerprint density at radius 1 is 0.286 bits per heavy atom. The van der Waals surface area contributed by atoms with Crippen molar-refractivity contribution >= 4 is 48.6 Å². The van der Waals surface area contributed by atoms with Gasteiger partial charge >= 0.3 is 0 Å². The third kappa shape index (κ3) is 5.21. The van der Waals surface area contributed by atoms with Gasteiger partial charge in [-0.15, -0.1) is 11.3 Å². The lowest BCUT2D eigenvalue weighted by atomic mass is 9.67. The fraction of sp³-hybridized carbons (Fsp3) is 0.0294. The van der Waals surface area contributed by atoms with Crippen LogP contribution in [0.3, 0.4) is 0 Å². The molecule has 11 aromatic carbocycles. The number of hydrogen-bond donors (Lipinski definition) is 0. The third-order valence-electron chi connectivity index (χ3n) is 15.8. The van der Waals surface area contributed by atoms with Gasteiger partial charge in [0.05, 0.1) is 16.5 Å². The van der Waals surface area contributed by atoms with Crippen molar-refractivity contribution in [2.75, 3.05) is 4.90 Å². The van der Waals surface area contributed by atoms with Gasteiger partial charge in [-0.2, -0.15) is 0 Å². The number of hydrogen-bond acceptors (Lipinski definition) is 2. The highest BCUT2D eigenvalue weighted by molar-refractivity contribution is 7.26. The molecule has 3 aliphatic carbocycles. The average Bonchev–Trinajstić information content (AvgIpc) is 4.16. The van der Waals surface area contributed by atoms with Crippen molar-refractivity contribution in [3.05, 3.63) is 305 Å². The molecule has 0 N–H and O–H groups in total. The van der Waals surface area contributed by atoms with Gasteiger partial charge in [0, 0.05) is 37.1 Å². The Hall–Kier alpha value is -8.56. The number of anilines is 3. The first-order valence-electron chi connectivity index (χ1n) is 24.3. The van der Waals surface area contributed by atoms with E-state index in [-0.39, 0.29) is 0 Å². The maximum atomic E-state index is 2.54. The Balaban J connectivity index is 0.974. The molecule has 15 rings (SSSR count). The van der Waals surface area contributed by atoms with E-state index in [9.17, 15) is 0 Å². The molecule has 3 aliphatic rings. The van der Waals surface area contributed by atoms with Crippen molar-refractivity contribution in [3.8, 4) is 44.5 Å². The zero-order valence-electron chi connectivity index (χ0n) is 38.2. The highest BCUT2D eigenvalue weighted by atomic mass is 32.1. The molecular formula is C68H43NS. The zero-order valence-corrected chi connectivity index (χ0v) is 39.0. The van der Waals surface area contributed by atoms with E-state index in [0.29, 0.717) is 0 Å². The predicted molar refractivity (Wildman–Crippen MR) is 293 cm³/mol. The van der Waals surface area contributed by atoms with Crippen molar-refractivity contribution in [3.63, 3.8) is 0 Å². The van der Waals surface area contributed by atoms with Gasteiger partial charge in [0.2, 0.25) is 0 Å². The fourth-order valence-electron chi connectivity index (χ4n) is 13.1. The summed E-state index contributed by atoms with van der Waals surface area (Å²) in [5, 5.41) is 2.63. The summed E-state index contributed by atoms with van der Waals surface area (Å²) in [4.78, 5) is 2.54. The van der Waals surface area contributed by atoms with E-state index in [2.05, 4.69) is 266 Å². The highest BCUT2D eigenvalue weighted by Gasteiger charge is 2.53. The van der Waals surface area contributed by atoms with E-state index >= 15 is 0 Å². The van der Waals surface area contributed by atoms with E-state index < -0.39 is 10.8 Å². The monoisotopic (exact) mass is 905 g/mol. The smallest absolute Gasteiger partial charge is 0.0746 e. The summed E-state index contributed by atoms with van der Waals surface area (Å²) in [6.07, 6.45) is 0. The largest absolute Gasteiger partial charge is 0.310 e. The van der Waals surface area contributed by atoms with Crippen LogP contribution in [0.4, 0.5) is 17.1 Å². The van der Waals surface area contributed by atoms with Crippen LogP contribution in [0.5, 0.6) is 0 Å². The third-order valence-corrected chi connectivity index (χ3v) is 17.0. The van der Waals surface area contributed by atoms with E-state index in [0.717, 1.165) is 11.4 Å². The SMILES string of the molecule is c1ccc(C2(c3ccc(N(c4ccc(-c5cccc6c5sc5ccccc56)cc4)c4cccc5c4C4(c6ccccc6-c6ccccc64)c4ccccc4-5)cc3)c3ccccc3-c3ccccc32)cc1. The first-order valence-corrected chi connectivity index (χ1v) is 25.2. The first-order chi connectivity index (χ1) is 34.7. The molecule has 0 bridgehead atoms. The standard InChI is InChI=1S/C68H43NS/c1-2-18-45(19-3-1)67(58-29-10-4-20-50(58)51-21-5-11-30-59(51)67)46-38-42-48(43-39-46)69(47-40-36-44(37-41-47)49-26-16-28-57-55-25-9-15-35-64(55)70-66(49)57)63-34-17-27-56-54-24-8-14-33-62(54)68(65(56)63)60-31-12-6-22-52(60)53-23-7-13-32-61(53)68/h1-43H. The summed E-state index contributed by atoms with van der Waals surface area (Å²) in [5.41, 5.74) is 23.0. The molecule has 0 unspecified atom stereocenters. The number of thiophene rings is 1. The van der Waals surface area contributed by atoms with Crippen LogP contribution in [0.15, 0.2) is 261 Å². The Kier molecular flexibility index (Phi) is 8.43. The zero-order chi connectivity index (χ0) is 46.0. The van der Waals surface area contributed by atoms with Crippen molar-refractivity contribution in [1.29, 1.82) is 0 Å². The van der Waals surface area contributed by atoms with Gasteiger partial charge in [-0.3, -0.25) is 0 Å². The normalized spacial score (nSPS) is 13.9. The molecule has 0 saturated heterocycles. The van der Waals surface area contributed by atoms with Gasteiger partial charge in [-0.1, -0.05) is 224 Å². The quantitative estimate of drug-likeness (QED) is 0.161. The summed E-state index contributed by atoms with van der Waals surface area (Å²) in [6, 6.07) is 97.9. The Bertz CT molecular complexity index is 3960. The van der Waals surface area contributed by atoms with Gasteiger partial charge in [0.1, 0.15) is 0 Å². The van der Waals surface area contributed by atoms with E-state index in [4.69, 9.17) is 0 Å². The van der Waals surface area contributed by atoms with Crippen LogP contribution in [-0.4, -0.2) is 0 Å². The molecule has 1 aromatic heterocycles. The van der Waals surface area contributed by atoms with Gasteiger partial charge in [0.15, 0.2) is 0 Å². The van der Waals surface area contributed by atoms with Crippen LogP contribution in [0, 0.1) is 0 Å². The summed E-state index contributed by atoms with van der Waals surface area (Å²) in [5.74, 6) is 0. The fourth-order valence-corrected chi connectivity index (χ4v) is 14.3. The summed E-state index contributed by atoms with van der Waals surface area (Å²) >= 11 is 1.89. The molecule has 0 atom stereocenters. The maximum Gasteiger partial charge on any atom is 0.0746 e. The van der Waals surface area contributed by atoms with Crippen LogP contribution in [-0.2, 0) is 10.8 Å². The van der Waals surface area contributed by atoms with Crippen molar-refractivity contribution < 1.29 is 0 Å². The van der Waals surface area contributed by atoms with Crippen LogP contribution in [0.25, 0.3) is 64.7 Å². The van der Waals surface area contributed by atoms with Crippen molar-refractivity contribution in [2.24, 2.45) is 0 Å². The maximum absolute atomic E-state index is 2.54. The van der Waals surface area contributed by atoms with Gasteiger partial charge in [-0.05, 0) is 120 Å². The second kappa shape index (κ2) is 15.0. The van der Waals surface area contributed by atoms with Crippen LogP contribution < -0.4 is 4.90 Å². The first kappa shape index (κ1) is 39.4. The summed E-state index contributed by atoms with van der Waals surface area (Å²) in [7, 11) is 0. The van der Waals surface area contributed by atoms with Crippen LogP contribution in [0.1, 0.15) is 44.5 Å². The molecule has 0 radical (unpaired) electrons. The number of fused-ring (bicyclic) bond motifs is 16. The molecule has 1 spiro atoms. The molecule has 0 saturated carbocycles. The van der Waals surface area contributed by atoms with Gasteiger partial charge in [0.25, 0.3) is 0 Å². The lowest BCUT2D eigenvalue weighted by Crippen LogP contribution is -2.29. The molecule has 326 valence electrons. The van der Waals surface area contributed by atoms with E-state index in [1.165, 1.54) is 115 Å². The minimum atomic E-state index is -0.528.